The molecule has 1 unspecified atom stereocenters. The number of methoxy groups -OCH3 is 2. The van der Waals surface area contributed by atoms with Gasteiger partial charge in [0.05, 0.1) is 31.3 Å². The van der Waals surface area contributed by atoms with Crippen molar-refractivity contribution in [1.29, 1.82) is 0 Å². The van der Waals surface area contributed by atoms with Gasteiger partial charge in [0.1, 0.15) is 37.1 Å². The minimum Gasteiger partial charge on any atom is -0.497 e. The number of carbonyl (C=O) groups is 2. The summed E-state index contributed by atoms with van der Waals surface area (Å²) >= 11 is 0. The number of benzene rings is 2. The lowest BCUT2D eigenvalue weighted by molar-refractivity contribution is -0.140. The molecule has 36 heavy (non-hydrogen) atoms. The Balaban J connectivity index is 1.74. The molecule has 2 aromatic carbocycles. The molecule has 1 atom stereocenters. The maximum atomic E-state index is 13.3. The molecule has 1 aliphatic heterocycles. The monoisotopic (exact) mass is 496 g/mol. The van der Waals surface area contributed by atoms with E-state index in [1.165, 1.54) is 7.11 Å². The number of ether oxygens (including phenoxy) is 5. The number of hydrogen-bond donors (Lipinski definition) is 2. The maximum Gasteiger partial charge on any atom is 0.336 e. The zero-order chi connectivity index (χ0) is 26.1. The van der Waals surface area contributed by atoms with Crippen LogP contribution in [-0.4, -0.2) is 52.5 Å². The minimum atomic E-state index is -0.691. The molecule has 2 aromatic rings. The first-order valence-electron chi connectivity index (χ1n) is 11.5. The topological polar surface area (TPSA) is 118 Å². The highest BCUT2D eigenvalue weighted by atomic mass is 16.6. The highest BCUT2D eigenvalue weighted by Crippen LogP contribution is 2.40. The first-order chi connectivity index (χ1) is 17.4. The molecule has 3 N–H and O–H groups in total. The molecule has 1 aliphatic rings. The number of hydrogen-bond acceptors (Lipinski definition) is 9. The Bertz CT molecular complexity index is 1140. The maximum absolute atomic E-state index is 13.3. The predicted octanol–water partition coefficient (Wildman–Crippen LogP) is 3.06. The van der Waals surface area contributed by atoms with Crippen molar-refractivity contribution in [3.8, 4) is 17.2 Å². The number of allylic oxidation sites excluding steroid dienone is 2. The third kappa shape index (κ3) is 6.37. The summed E-state index contributed by atoms with van der Waals surface area (Å²) < 4.78 is 27.1. The van der Waals surface area contributed by atoms with E-state index < -0.39 is 17.9 Å². The van der Waals surface area contributed by atoms with Crippen LogP contribution in [0.2, 0.25) is 0 Å². The fourth-order valence-corrected chi connectivity index (χ4v) is 3.98. The standard InChI is InChI=1S/C27H32N2O7/c1-17-23(26(30)33-4)25(19-6-5-7-22(16-19)32-3)24(18(2)29-17)27(31)36-15-14-35-21-10-8-20(9-11-21)34-13-12-28/h5-11,16,25,29H,12-15,28H2,1-4H3. The lowest BCUT2D eigenvalue weighted by Gasteiger charge is -2.30. The molecule has 0 fully saturated rings. The number of rotatable bonds is 11. The molecular weight excluding hydrogens is 464 g/mol. The van der Waals surface area contributed by atoms with Gasteiger partial charge in [-0.3, -0.25) is 0 Å². The second kappa shape index (κ2) is 12.6. The quantitative estimate of drug-likeness (QED) is 0.357. The van der Waals surface area contributed by atoms with Crippen molar-refractivity contribution in [1.82, 2.24) is 5.32 Å². The van der Waals surface area contributed by atoms with Crippen molar-refractivity contribution in [2.75, 3.05) is 40.6 Å². The highest BCUT2D eigenvalue weighted by Gasteiger charge is 2.38. The van der Waals surface area contributed by atoms with E-state index in [0.717, 1.165) is 0 Å². The van der Waals surface area contributed by atoms with Crippen LogP contribution in [0.15, 0.2) is 71.1 Å². The predicted molar refractivity (Wildman–Crippen MR) is 134 cm³/mol. The van der Waals surface area contributed by atoms with Crippen LogP contribution in [0.3, 0.4) is 0 Å². The summed E-state index contributed by atoms with van der Waals surface area (Å²) in [7, 11) is 2.86. The molecule has 0 aliphatic carbocycles. The van der Waals surface area contributed by atoms with Crippen LogP contribution in [0.4, 0.5) is 0 Å². The molecule has 0 aromatic heterocycles. The third-order valence-corrected chi connectivity index (χ3v) is 5.61. The summed E-state index contributed by atoms with van der Waals surface area (Å²) in [5.74, 6) is 0.125. The fraction of sp³-hybridized carbons (Fsp3) is 0.333. The van der Waals surface area contributed by atoms with Crippen LogP contribution in [0.5, 0.6) is 17.2 Å². The second-order valence-corrected chi connectivity index (χ2v) is 8.00. The molecule has 0 saturated heterocycles. The van der Waals surface area contributed by atoms with Crippen molar-refractivity contribution in [3.05, 3.63) is 76.6 Å². The smallest absolute Gasteiger partial charge is 0.336 e. The van der Waals surface area contributed by atoms with Gasteiger partial charge in [0, 0.05) is 17.9 Å². The highest BCUT2D eigenvalue weighted by molar-refractivity contribution is 5.99. The van der Waals surface area contributed by atoms with E-state index in [1.807, 2.05) is 6.07 Å². The van der Waals surface area contributed by atoms with Crippen LogP contribution < -0.4 is 25.3 Å². The van der Waals surface area contributed by atoms with Crippen LogP contribution in [0.25, 0.3) is 0 Å². The van der Waals surface area contributed by atoms with E-state index >= 15 is 0 Å². The number of dihydropyridines is 1. The van der Waals surface area contributed by atoms with E-state index in [-0.39, 0.29) is 13.2 Å². The van der Waals surface area contributed by atoms with Crippen molar-refractivity contribution in [2.24, 2.45) is 5.73 Å². The summed E-state index contributed by atoms with van der Waals surface area (Å²) in [5.41, 5.74) is 7.98. The summed E-state index contributed by atoms with van der Waals surface area (Å²) in [6.45, 7) is 4.57. The van der Waals surface area contributed by atoms with Crippen molar-refractivity contribution in [3.63, 3.8) is 0 Å². The third-order valence-electron chi connectivity index (χ3n) is 5.61. The van der Waals surface area contributed by atoms with Gasteiger partial charge in [-0.05, 0) is 55.8 Å². The molecule has 3 rings (SSSR count). The van der Waals surface area contributed by atoms with E-state index in [0.29, 0.717) is 58.5 Å². The fourth-order valence-electron chi connectivity index (χ4n) is 3.98. The lowest BCUT2D eigenvalue weighted by atomic mass is 9.80. The minimum absolute atomic E-state index is 0.0160. The van der Waals surface area contributed by atoms with Gasteiger partial charge in [-0.15, -0.1) is 0 Å². The van der Waals surface area contributed by atoms with Crippen LogP contribution in [0.1, 0.15) is 25.3 Å². The molecule has 9 nitrogen and oxygen atoms in total. The Morgan fingerprint density at radius 2 is 1.44 bits per heavy atom. The molecule has 0 amide bonds. The first kappa shape index (κ1) is 26.6. The average Bonchev–Trinajstić information content (AvgIpc) is 2.89. The van der Waals surface area contributed by atoms with E-state index in [4.69, 9.17) is 29.4 Å². The second-order valence-electron chi connectivity index (χ2n) is 8.00. The van der Waals surface area contributed by atoms with Gasteiger partial charge >= 0.3 is 11.9 Å². The lowest BCUT2D eigenvalue weighted by Crippen LogP contribution is -2.32. The Morgan fingerprint density at radius 3 is 2.03 bits per heavy atom. The Kier molecular flexibility index (Phi) is 9.35. The summed E-state index contributed by atoms with van der Waals surface area (Å²) in [6.07, 6.45) is 0. The van der Waals surface area contributed by atoms with Gasteiger partial charge in [0.2, 0.25) is 0 Å². The van der Waals surface area contributed by atoms with E-state index in [9.17, 15) is 9.59 Å². The van der Waals surface area contributed by atoms with Crippen LogP contribution in [0, 0.1) is 0 Å². The Morgan fingerprint density at radius 1 is 0.833 bits per heavy atom. The Labute approximate surface area is 210 Å². The van der Waals surface area contributed by atoms with Gasteiger partial charge in [0.15, 0.2) is 0 Å². The van der Waals surface area contributed by atoms with Crippen molar-refractivity contribution >= 4 is 11.9 Å². The molecule has 192 valence electrons. The number of nitrogens with one attached hydrogen (secondary N) is 1. The molecule has 9 heteroatoms. The molecular formula is C27H32N2O7. The number of nitrogens with two attached hydrogens (primary N) is 1. The van der Waals surface area contributed by atoms with Gasteiger partial charge in [-0.2, -0.15) is 0 Å². The zero-order valence-corrected chi connectivity index (χ0v) is 21.0. The largest absolute Gasteiger partial charge is 0.497 e. The molecule has 0 spiro atoms. The molecule has 0 bridgehead atoms. The van der Waals surface area contributed by atoms with Crippen LogP contribution in [-0.2, 0) is 19.1 Å². The van der Waals surface area contributed by atoms with Crippen molar-refractivity contribution in [2.45, 2.75) is 19.8 Å². The molecule has 1 heterocycles. The zero-order valence-electron chi connectivity index (χ0n) is 21.0. The van der Waals surface area contributed by atoms with Crippen molar-refractivity contribution < 1.29 is 33.3 Å². The van der Waals surface area contributed by atoms with Gasteiger partial charge in [-0.1, -0.05) is 12.1 Å². The number of esters is 2. The SMILES string of the molecule is COC(=O)C1=C(C)NC(C)=C(C(=O)OCCOc2ccc(OCCN)cc2)C1c1cccc(OC)c1. The van der Waals surface area contributed by atoms with E-state index in [1.54, 1.807) is 63.4 Å². The van der Waals surface area contributed by atoms with E-state index in [2.05, 4.69) is 5.32 Å². The van der Waals surface area contributed by atoms with Gasteiger partial charge in [-0.25, -0.2) is 9.59 Å². The summed E-state index contributed by atoms with van der Waals surface area (Å²) in [4.78, 5) is 26.0. The first-order valence-corrected chi connectivity index (χ1v) is 11.5. The van der Waals surface area contributed by atoms with Crippen LogP contribution >= 0.6 is 0 Å². The average molecular weight is 497 g/mol. The normalized spacial score (nSPS) is 15.2. The number of carbonyl (C=O) groups excluding carboxylic acids is 2. The summed E-state index contributed by atoms with van der Waals surface area (Å²) in [6, 6.07) is 14.3. The molecule has 0 radical (unpaired) electrons. The van der Waals surface area contributed by atoms with Gasteiger partial charge in [0.25, 0.3) is 0 Å². The summed E-state index contributed by atoms with van der Waals surface area (Å²) in [5, 5.41) is 3.12. The molecule has 0 saturated carbocycles. The van der Waals surface area contributed by atoms with Gasteiger partial charge < -0.3 is 34.7 Å². The Hall–Kier alpha value is -3.98.